The second kappa shape index (κ2) is 7.20. The summed E-state index contributed by atoms with van der Waals surface area (Å²) >= 11 is 0. The molecule has 1 unspecified atom stereocenters. The molecule has 1 atom stereocenters. The van der Waals surface area contributed by atoms with Gasteiger partial charge >= 0.3 is 6.09 Å². The molecule has 0 bridgehead atoms. The Balaban J connectivity index is 2.76. The maximum absolute atomic E-state index is 13.0. The number of hydrogen-bond donors (Lipinski definition) is 0. The zero-order valence-electron chi connectivity index (χ0n) is 12.9. The lowest BCUT2D eigenvalue weighted by Crippen LogP contribution is -2.36. The molecule has 0 heterocycles. The van der Waals surface area contributed by atoms with Crippen LogP contribution in [0.1, 0.15) is 38.7 Å². The highest BCUT2D eigenvalue weighted by Crippen LogP contribution is 2.21. The van der Waals surface area contributed by atoms with E-state index in [1.165, 1.54) is 17.0 Å². The fraction of sp³-hybridized carbons (Fsp3) is 0.500. The topological polar surface area (TPSA) is 46.6 Å². The average molecular weight is 295 g/mol. The van der Waals surface area contributed by atoms with Gasteiger partial charge in [0.25, 0.3) is 0 Å². The zero-order valence-corrected chi connectivity index (χ0v) is 12.9. The molecular formula is C16H22FNO3. The van der Waals surface area contributed by atoms with Crippen molar-refractivity contribution in [2.45, 2.75) is 38.7 Å². The van der Waals surface area contributed by atoms with Crippen LogP contribution in [0.3, 0.4) is 0 Å². The molecule has 0 radical (unpaired) electrons. The highest BCUT2D eigenvalue weighted by Gasteiger charge is 2.22. The largest absolute Gasteiger partial charge is 0.444 e. The summed E-state index contributed by atoms with van der Waals surface area (Å²) in [6.07, 6.45) is 0.621. The highest BCUT2D eigenvalue weighted by atomic mass is 19.1. The second-order valence-corrected chi connectivity index (χ2v) is 6.01. The van der Waals surface area contributed by atoms with Crippen molar-refractivity contribution in [2.75, 3.05) is 13.6 Å². The standard InChI is InChI=1S/C16H22FNO3/c1-16(2,3)21-15(20)18(4)11-13(9-10-19)12-5-7-14(17)8-6-12/h5-8,10,13H,9,11H2,1-4H3. The fourth-order valence-corrected chi connectivity index (χ4v) is 1.91. The van der Waals surface area contributed by atoms with Gasteiger partial charge in [-0.05, 0) is 38.5 Å². The molecular weight excluding hydrogens is 273 g/mol. The van der Waals surface area contributed by atoms with Crippen LogP contribution in [0, 0.1) is 5.82 Å². The Morgan fingerprint density at radius 2 is 1.90 bits per heavy atom. The van der Waals surface area contributed by atoms with E-state index >= 15 is 0 Å². The molecule has 0 aromatic heterocycles. The van der Waals surface area contributed by atoms with Crippen LogP contribution in [0.2, 0.25) is 0 Å². The number of amides is 1. The summed E-state index contributed by atoms with van der Waals surface area (Å²) < 4.78 is 18.2. The van der Waals surface area contributed by atoms with Crippen molar-refractivity contribution in [3.8, 4) is 0 Å². The molecule has 21 heavy (non-hydrogen) atoms. The molecule has 0 fully saturated rings. The quantitative estimate of drug-likeness (QED) is 0.782. The van der Waals surface area contributed by atoms with Crippen LogP contribution in [0.5, 0.6) is 0 Å². The predicted molar refractivity (Wildman–Crippen MR) is 78.7 cm³/mol. The number of benzene rings is 1. The molecule has 0 N–H and O–H groups in total. The lowest BCUT2D eigenvalue weighted by atomic mass is 9.96. The lowest BCUT2D eigenvalue weighted by Gasteiger charge is -2.27. The van der Waals surface area contributed by atoms with Crippen molar-refractivity contribution in [2.24, 2.45) is 0 Å². The summed E-state index contributed by atoms with van der Waals surface area (Å²) in [6, 6.07) is 5.96. The molecule has 4 nitrogen and oxygen atoms in total. The molecule has 116 valence electrons. The van der Waals surface area contributed by atoms with E-state index in [-0.39, 0.29) is 18.2 Å². The summed E-state index contributed by atoms with van der Waals surface area (Å²) in [4.78, 5) is 24.2. The van der Waals surface area contributed by atoms with Crippen LogP contribution in [0.4, 0.5) is 9.18 Å². The van der Waals surface area contributed by atoms with Crippen LogP contribution >= 0.6 is 0 Å². The van der Waals surface area contributed by atoms with E-state index in [9.17, 15) is 14.0 Å². The third-order valence-corrected chi connectivity index (χ3v) is 2.92. The van der Waals surface area contributed by atoms with Crippen molar-refractivity contribution >= 4 is 12.4 Å². The maximum Gasteiger partial charge on any atom is 0.410 e. The third kappa shape index (κ3) is 5.94. The summed E-state index contributed by atoms with van der Waals surface area (Å²) in [5, 5.41) is 0. The van der Waals surface area contributed by atoms with Gasteiger partial charge in [0.15, 0.2) is 0 Å². The first-order valence-corrected chi connectivity index (χ1v) is 6.86. The van der Waals surface area contributed by atoms with Crippen molar-refractivity contribution in [1.82, 2.24) is 4.90 Å². The molecule has 0 aliphatic carbocycles. The van der Waals surface area contributed by atoms with Gasteiger partial charge in [-0.15, -0.1) is 0 Å². The van der Waals surface area contributed by atoms with Gasteiger partial charge in [0.2, 0.25) is 0 Å². The van der Waals surface area contributed by atoms with Gasteiger partial charge < -0.3 is 14.4 Å². The Hall–Kier alpha value is -1.91. The van der Waals surface area contributed by atoms with E-state index in [0.29, 0.717) is 6.54 Å². The van der Waals surface area contributed by atoms with Crippen LogP contribution in [0.25, 0.3) is 0 Å². The minimum absolute atomic E-state index is 0.180. The molecule has 0 saturated heterocycles. The number of likely N-dealkylation sites (N-methyl/N-ethyl adjacent to an activating group) is 1. The SMILES string of the molecule is CN(CC(CC=O)c1ccc(F)cc1)C(=O)OC(C)(C)C. The van der Waals surface area contributed by atoms with Gasteiger partial charge in [-0.25, -0.2) is 9.18 Å². The van der Waals surface area contributed by atoms with Gasteiger partial charge in [-0.3, -0.25) is 0 Å². The smallest absolute Gasteiger partial charge is 0.410 e. The first-order valence-electron chi connectivity index (χ1n) is 6.86. The van der Waals surface area contributed by atoms with E-state index in [1.54, 1.807) is 40.0 Å². The van der Waals surface area contributed by atoms with Gasteiger partial charge in [0.1, 0.15) is 17.7 Å². The van der Waals surface area contributed by atoms with Crippen LogP contribution in [0.15, 0.2) is 24.3 Å². The Labute approximate surface area is 124 Å². The van der Waals surface area contributed by atoms with Gasteiger partial charge in [0, 0.05) is 25.9 Å². The van der Waals surface area contributed by atoms with E-state index in [4.69, 9.17) is 4.74 Å². The Kier molecular flexibility index (Phi) is 5.88. The number of aldehydes is 1. The van der Waals surface area contributed by atoms with Crippen LogP contribution < -0.4 is 0 Å². The van der Waals surface area contributed by atoms with Crippen molar-refractivity contribution in [1.29, 1.82) is 0 Å². The molecule has 0 aliphatic heterocycles. The van der Waals surface area contributed by atoms with E-state index in [0.717, 1.165) is 11.8 Å². The molecule has 5 heteroatoms. The number of rotatable bonds is 5. The normalized spacial score (nSPS) is 12.6. The van der Waals surface area contributed by atoms with E-state index in [2.05, 4.69) is 0 Å². The molecule has 1 aromatic rings. The van der Waals surface area contributed by atoms with Crippen molar-refractivity contribution < 1.29 is 18.7 Å². The predicted octanol–water partition coefficient (Wildman–Crippen LogP) is 3.37. The summed E-state index contributed by atoms with van der Waals surface area (Å²) in [5.74, 6) is -0.510. The third-order valence-electron chi connectivity index (χ3n) is 2.92. The number of ether oxygens (including phenoxy) is 1. The number of carbonyl (C=O) groups excluding carboxylic acids is 2. The first kappa shape index (κ1) is 17.1. The van der Waals surface area contributed by atoms with E-state index < -0.39 is 11.7 Å². The summed E-state index contributed by atoms with van der Waals surface area (Å²) in [7, 11) is 1.62. The fourth-order valence-electron chi connectivity index (χ4n) is 1.91. The maximum atomic E-state index is 13.0. The van der Waals surface area contributed by atoms with E-state index in [1.807, 2.05) is 0 Å². The van der Waals surface area contributed by atoms with Gasteiger partial charge in [0.05, 0.1) is 0 Å². The molecule has 0 spiro atoms. The average Bonchev–Trinajstić information content (AvgIpc) is 2.37. The first-order chi connectivity index (χ1) is 9.73. The Bertz CT molecular complexity index is 479. The van der Waals surface area contributed by atoms with Gasteiger partial charge in [-0.1, -0.05) is 12.1 Å². The summed E-state index contributed by atoms with van der Waals surface area (Å²) in [5.41, 5.74) is 0.250. The van der Waals surface area contributed by atoms with Crippen LogP contribution in [-0.2, 0) is 9.53 Å². The minimum Gasteiger partial charge on any atom is -0.444 e. The number of halogens is 1. The van der Waals surface area contributed by atoms with Crippen molar-refractivity contribution in [3.05, 3.63) is 35.6 Å². The number of nitrogens with zero attached hydrogens (tertiary/aromatic N) is 1. The number of hydrogen-bond acceptors (Lipinski definition) is 3. The van der Waals surface area contributed by atoms with Crippen molar-refractivity contribution in [3.63, 3.8) is 0 Å². The highest BCUT2D eigenvalue weighted by molar-refractivity contribution is 5.68. The lowest BCUT2D eigenvalue weighted by molar-refractivity contribution is -0.108. The summed E-state index contributed by atoms with van der Waals surface area (Å²) in [6.45, 7) is 5.71. The zero-order chi connectivity index (χ0) is 16.0. The molecule has 0 saturated carbocycles. The molecule has 1 aromatic carbocycles. The van der Waals surface area contributed by atoms with Crippen LogP contribution in [-0.4, -0.2) is 36.5 Å². The monoisotopic (exact) mass is 295 g/mol. The Morgan fingerprint density at radius 3 is 2.38 bits per heavy atom. The minimum atomic E-state index is -0.568. The molecule has 0 aliphatic rings. The molecule has 1 rings (SSSR count). The number of carbonyl (C=O) groups is 2. The van der Waals surface area contributed by atoms with Gasteiger partial charge in [-0.2, -0.15) is 0 Å². The second-order valence-electron chi connectivity index (χ2n) is 6.01. The molecule has 1 amide bonds. The Morgan fingerprint density at radius 1 is 1.33 bits per heavy atom.